The zero-order chi connectivity index (χ0) is 13.9. The largest absolute Gasteiger partial charge is 0.337 e. The third-order valence-electron chi connectivity index (χ3n) is 4.11. The van der Waals surface area contributed by atoms with E-state index < -0.39 is 0 Å². The Morgan fingerprint density at radius 2 is 2.25 bits per heavy atom. The van der Waals surface area contributed by atoms with Crippen LogP contribution in [0.15, 0.2) is 24.9 Å². The van der Waals surface area contributed by atoms with Crippen LogP contribution in [0.1, 0.15) is 35.8 Å². The predicted molar refractivity (Wildman–Crippen MR) is 77.2 cm³/mol. The second-order valence-corrected chi connectivity index (χ2v) is 5.62. The van der Waals surface area contributed by atoms with Crippen molar-refractivity contribution >= 4 is 0 Å². The topological polar surface area (TPSA) is 46.8 Å². The molecule has 5 nitrogen and oxygen atoms in total. The first kappa shape index (κ1) is 13.2. The van der Waals surface area contributed by atoms with Gasteiger partial charge in [0.15, 0.2) is 0 Å². The Labute approximate surface area is 119 Å². The number of imidazole rings is 1. The van der Waals surface area contributed by atoms with Crippen molar-refractivity contribution in [2.45, 2.75) is 32.2 Å². The van der Waals surface area contributed by atoms with Gasteiger partial charge in [0.25, 0.3) is 0 Å². The quantitative estimate of drug-likeness (QED) is 0.855. The highest BCUT2D eigenvalue weighted by Gasteiger charge is 2.24. The van der Waals surface area contributed by atoms with Crippen molar-refractivity contribution in [3.63, 3.8) is 0 Å². The standard InChI is InChI=1S/C15H21N5/c1-12-8-16-11-18-15(12)13-4-3-6-20(9-13)10-14-17-5-7-19(14)2/h5,7-8,11,13H,3-4,6,9-10H2,1-2H3. The lowest BCUT2D eigenvalue weighted by atomic mass is 9.92. The van der Waals surface area contributed by atoms with Gasteiger partial charge in [-0.05, 0) is 31.9 Å². The maximum Gasteiger partial charge on any atom is 0.122 e. The smallest absolute Gasteiger partial charge is 0.122 e. The van der Waals surface area contributed by atoms with Gasteiger partial charge in [-0.25, -0.2) is 15.0 Å². The molecule has 1 unspecified atom stereocenters. The Balaban J connectivity index is 1.71. The number of aryl methyl sites for hydroxylation is 2. The fraction of sp³-hybridized carbons (Fsp3) is 0.533. The van der Waals surface area contributed by atoms with Gasteiger partial charge in [-0.15, -0.1) is 0 Å². The fourth-order valence-electron chi connectivity index (χ4n) is 3.01. The summed E-state index contributed by atoms with van der Waals surface area (Å²) in [4.78, 5) is 15.5. The molecule has 3 rings (SSSR count). The van der Waals surface area contributed by atoms with E-state index in [-0.39, 0.29) is 0 Å². The third-order valence-corrected chi connectivity index (χ3v) is 4.11. The molecule has 0 aromatic carbocycles. The Kier molecular flexibility index (Phi) is 3.78. The second-order valence-electron chi connectivity index (χ2n) is 5.62. The molecule has 0 N–H and O–H groups in total. The summed E-state index contributed by atoms with van der Waals surface area (Å²) in [5.74, 6) is 1.65. The van der Waals surface area contributed by atoms with Crippen molar-refractivity contribution in [1.29, 1.82) is 0 Å². The zero-order valence-electron chi connectivity index (χ0n) is 12.2. The molecule has 1 fully saturated rings. The van der Waals surface area contributed by atoms with Crippen molar-refractivity contribution in [1.82, 2.24) is 24.4 Å². The van der Waals surface area contributed by atoms with E-state index in [1.807, 2.05) is 18.6 Å². The molecule has 2 aromatic heterocycles. The van der Waals surface area contributed by atoms with Gasteiger partial charge >= 0.3 is 0 Å². The van der Waals surface area contributed by atoms with Crippen LogP contribution >= 0.6 is 0 Å². The number of likely N-dealkylation sites (tertiary alicyclic amines) is 1. The Morgan fingerprint density at radius 3 is 3.00 bits per heavy atom. The van der Waals surface area contributed by atoms with E-state index in [0.717, 1.165) is 25.5 Å². The highest BCUT2D eigenvalue weighted by molar-refractivity contribution is 5.19. The highest BCUT2D eigenvalue weighted by atomic mass is 15.2. The molecule has 0 amide bonds. The van der Waals surface area contributed by atoms with Gasteiger partial charge in [0.05, 0.1) is 12.2 Å². The zero-order valence-corrected chi connectivity index (χ0v) is 12.2. The summed E-state index contributed by atoms with van der Waals surface area (Å²) >= 11 is 0. The summed E-state index contributed by atoms with van der Waals surface area (Å²) < 4.78 is 2.10. The van der Waals surface area contributed by atoms with Gasteiger partial charge in [-0.2, -0.15) is 0 Å². The van der Waals surface area contributed by atoms with Crippen LogP contribution in [-0.2, 0) is 13.6 Å². The normalized spacial score (nSPS) is 20.2. The Bertz CT molecular complexity index is 577. The molecule has 3 heterocycles. The van der Waals surface area contributed by atoms with Crippen LogP contribution in [-0.4, -0.2) is 37.5 Å². The maximum absolute atomic E-state index is 4.49. The average molecular weight is 271 g/mol. The van der Waals surface area contributed by atoms with Crippen molar-refractivity contribution in [2.24, 2.45) is 7.05 Å². The van der Waals surface area contributed by atoms with Gasteiger partial charge in [0, 0.05) is 38.1 Å². The van der Waals surface area contributed by atoms with Crippen molar-refractivity contribution in [2.75, 3.05) is 13.1 Å². The van der Waals surface area contributed by atoms with Gasteiger partial charge < -0.3 is 4.57 Å². The highest BCUT2D eigenvalue weighted by Crippen LogP contribution is 2.27. The number of hydrogen-bond acceptors (Lipinski definition) is 4. The van der Waals surface area contributed by atoms with E-state index in [4.69, 9.17) is 0 Å². The maximum atomic E-state index is 4.49. The second kappa shape index (κ2) is 5.71. The van der Waals surface area contributed by atoms with E-state index in [9.17, 15) is 0 Å². The molecule has 20 heavy (non-hydrogen) atoms. The van der Waals surface area contributed by atoms with Crippen LogP contribution in [0.5, 0.6) is 0 Å². The van der Waals surface area contributed by atoms with Crippen LogP contribution in [0.25, 0.3) is 0 Å². The number of aromatic nitrogens is 4. The molecule has 1 aliphatic rings. The van der Waals surface area contributed by atoms with Gasteiger partial charge in [0.2, 0.25) is 0 Å². The SMILES string of the molecule is Cc1cncnc1C1CCCN(Cc2nccn2C)C1. The molecular weight excluding hydrogens is 250 g/mol. The minimum absolute atomic E-state index is 0.520. The van der Waals surface area contributed by atoms with E-state index in [1.165, 1.54) is 24.1 Å². The van der Waals surface area contributed by atoms with E-state index in [1.54, 1.807) is 6.33 Å². The fourth-order valence-corrected chi connectivity index (χ4v) is 3.01. The summed E-state index contributed by atoms with van der Waals surface area (Å²) in [6.07, 6.45) is 9.89. The first-order valence-electron chi connectivity index (χ1n) is 7.19. The average Bonchev–Trinajstić information content (AvgIpc) is 2.85. The number of hydrogen-bond donors (Lipinski definition) is 0. The molecule has 1 aliphatic heterocycles. The van der Waals surface area contributed by atoms with E-state index >= 15 is 0 Å². The third kappa shape index (κ3) is 2.72. The molecule has 2 aromatic rings. The molecule has 0 aliphatic carbocycles. The molecule has 1 atom stereocenters. The van der Waals surface area contributed by atoms with Crippen LogP contribution in [0, 0.1) is 6.92 Å². The molecule has 1 saturated heterocycles. The molecule has 0 spiro atoms. The van der Waals surface area contributed by atoms with E-state index in [2.05, 4.69) is 38.4 Å². The minimum Gasteiger partial charge on any atom is -0.337 e. The molecule has 106 valence electrons. The summed E-state index contributed by atoms with van der Waals surface area (Å²) in [6, 6.07) is 0. The van der Waals surface area contributed by atoms with Crippen LogP contribution in [0.4, 0.5) is 0 Å². The molecule has 0 radical (unpaired) electrons. The van der Waals surface area contributed by atoms with Crippen LogP contribution in [0.2, 0.25) is 0 Å². The number of rotatable bonds is 3. The molecule has 5 heteroatoms. The molecular formula is C15H21N5. The Hall–Kier alpha value is -1.75. The summed E-state index contributed by atoms with van der Waals surface area (Å²) in [5, 5.41) is 0. The lowest BCUT2D eigenvalue weighted by Gasteiger charge is -2.32. The summed E-state index contributed by atoms with van der Waals surface area (Å²) in [7, 11) is 2.05. The van der Waals surface area contributed by atoms with E-state index in [0.29, 0.717) is 5.92 Å². The molecule has 0 saturated carbocycles. The lowest BCUT2D eigenvalue weighted by Crippen LogP contribution is -2.35. The van der Waals surface area contributed by atoms with Crippen LogP contribution in [0.3, 0.4) is 0 Å². The first-order valence-corrected chi connectivity index (χ1v) is 7.19. The summed E-state index contributed by atoms with van der Waals surface area (Å²) in [6.45, 7) is 5.23. The first-order chi connectivity index (χ1) is 9.74. The number of piperidine rings is 1. The summed E-state index contributed by atoms with van der Waals surface area (Å²) in [5.41, 5.74) is 2.42. The van der Waals surface area contributed by atoms with Crippen molar-refractivity contribution in [3.8, 4) is 0 Å². The van der Waals surface area contributed by atoms with Crippen molar-refractivity contribution < 1.29 is 0 Å². The lowest BCUT2D eigenvalue weighted by molar-refractivity contribution is 0.192. The molecule has 0 bridgehead atoms. The van der Waals surface area contributed by atoms with Crippen molar-refractivity contribution in [3.05, 3.63) is 42.0 Å². The minimum atomic E-state index is 0.520. The van der Waals surface area contributed by atoms with Gasteiger partial charge in [-0.1, -0.05) is 0 Å². The predicted octanol–water partition coefficient (Wildman–Crippen LogP) is 1.90. The van der Waals surface area contributed by atoms with Gasteiger partial charge in [0.1, 0.15) is 12.2 Å². The monoisotopic (exact) mass is 271 g/mol. The van der Waals surface area contributed by atoms with Gasteiger partial charge in [-0.3, -0.25) is 4.90 Å². The Morgan fingerprint density at radius 1 is 1.35 bits per heavy atom. The van der Waals surface area contributed by atoms with Crippen LogP contribution < -0.4 is 0 Å². The number of nitrogens with zero attached hydrogens (tertiary/aromatic N) is 5.